The lowest BCUT2D eigenvalue weighted by atomic mass is 10.2. The maximum atomic E-state index is 14.2. The number of amides is 1. The average molecular weight is 431 g/mol. The average Bonchev–Trinajstić information content (AvgIpc) is 3.36. The Bertz CT molecular complexity index is 1200. The molecular formula is C20H16ClFN4O2S. The highest BCUT2D eigenvalue weighted by molar-refractivity contribution is 7.12. The van der Waals surface area contributed by atoms with Crippen LogP contribution in [0.3, 0.4) is 0 Å². The zero-order valence-corrected chi connectivity index (χ0v) is 17.1. The van der Waals surface area contributed by atoms with Crippen molar-refractivity contribution in [1.29, 1.82) is 0 Å². The third kappa shape index (κ3) is 3.52. The van der Waals surface area contributed by atoms with Gasteiger partial charge in [0.25, 0.3) is 5.91 Å². The molecule has 0 aliphatic carbocycles. The largest absolute Gasteiger partial charge is 0.494 e. The van der Waals surface area contributed by atoms with Gasteiger partial charge < -0.3 is 15.4 Å². The van der Waals surface area contributed by atoms with Gasteiger partial charge in [0.15, 0.2) is 0 Å². The molecule has 0 atom stereocenters. The second kappa shape index (κ2) is 7.73. The molecule has 4 aromatic rings. The van der Waals surface area contributed by atoms with Crippen LogP contribution in [-0.2, 0) is 0 Å². The fourth-order valence-electron chi connectivity index (χ4n) is 2.96. The second-order valence-corrected chi connectivity index (χ2v) is 7.46. The number of anilines is 2. The van der Waals surface area contributed by atoms with Gasteiger partial charge in [-0.15, -0.1) is 11.3 Å². The summed E-state index contributed by atoms with van der Waals surface area (Å²) in [5, 5.41) is 13.0. The first-order valence-electron chi connectivity index (χ1n) is 8.59. The van der Waals surface area contributed by atoms with E-state index in [0.717, 1.165) is 16.6 Å². The summed E-state index contributed by atoms with van der Waals surface area (Å²) in [7, 11) is 3.12. The number of thiophene rings is 1. The van der Waals surface area contributed by atoms with Crippen LogP contribution in [0.5, 0.6) is 5.75 Å². The van der Waals surface area contributed by atoms with E-state index in [0.29, 0.717) is 16.3 Å². The first-order chi connectivity index (χ1) is 14.0. The summed E-state index contributed by atoms with van der Waals surface area (Å²) in [6.45, 7) is 0. The number of carbonyl (C=O) groups is 1. The Labute approximate surface area is 174 Å². The van der Waals surface area contributed by atoms with Gasteiger partial charge in [0.05, 0.1) is 45.8 Å². The molecule has 2 heterocycles. The molecule has 0 saturated carbocycles. The zero-order valence-electron chi connectivity index (χ0n) is 15.5. The van der Waals surface area contributed by atoms with Crippen LogP contribution < -0.4 is 15.4 Å². The van der Waals surface area contributed by atoms with Crippen LogP contribution in [0.15, 0.2) is 48.0 Å². The number of aromatic nitrogens is 2. The number of nitrogens with one attached hydrogen (secondary N) is 2. The maximum Gasteiger partial charge on any atom is 0.261 e. The van der Waals surface area contributed by atoms with Crippen molar-refractivity contribution in [2.45, 2.75) is 0 Å². The first-order valence-corrected chi connectivity index (χ1v) is 9.85. The summed E-state index contributed by atoms with van der Waals surface area (Å²) < 4.78 is 21.4. The Hall–Kier alpha value is -3.10. The molecule has 0 bridgehead atoms. The molecule has 0 aliphatic heterocycles. The van der Waals surface area contributed by atoms with Crippen molar-refractivity contribution in [2.24, 2.45) is 0 Å². The van der Waals surface area contributed by atoms with Crippen LogP contribution in [0, 0.1) is 5.82 Å². The lowest BCUT2D eigenvalue weighted by molar-refractivity contribution is 0.0967. The maximum absolute atomic E-state index is 14.2. The number of carbonyl (C=O) groups excluding carboxylic acids is 1. The number of para-hydroxylation sites is 1. The predicted octanol–water partition coefficient (Wildman–Crippen LogP) is 4.99. The smallest absolute Gasteiger partial charge is 0.261 e. The lowest BCUT2D eigenvalue weighted by Gasteiger charge is -2.14. The molecule has 9 heteroatoms. The predicted molar refractivity (Wildman–Crippen MR) is 114 cm³/mol. The van der Waals surface area contributed by atoms with Gasteiger partial charge in [0, 0.05) is 23.9 Å². The SMILES string of the molecule is CNC(=O)c1cc(-n2ncc3cc(Nc4c(F)cccc4Cl)c(OC)cc32)cs1. The monoisotopic (exact) mass is 430 g/mol. The van der Waals surface area contributed by atoms with E-state index in [1.165, 1.54) is 24.5 Å². The van der Waals surface area contributed by atoms with Crippen LogP contribution >= 0.6 is 22.9 Å². The zero-order chi connectivity index (χ0) is 20.5. The molecule has 1 amide bonds. The Balaban J connectivity index is 1.77. The number of methoxy groups -OCH3 is 1. The molecule has 0 unspecified atom stereocenters. The molecule has 0 spiro atoms. The van der Waals surface area contributed by atoms with Crippen molar-refractivity contribution in [3.05, 3.63) is 63.7 Å². The second-order valence-electron chi connectivity index (χ2n) is 6.14. The summed E-state index contributed by atoms with van der Waals surface area (Å²) in [6.07, 6.45) is 1.69. The van der Waals surface area contributed by atoms with Crippen molar-refractivity contribution in [3.8, 4) is 11.4 Å². The molecule has 2 aromatic carbocycles. The van der Waals surface area contributed by atoms with E-state index in [-0.39, 0.29) is 16.6 Å². The number of benzene rings is 2. The Kier molecular flexibility index (Phi) is 5.12. The number of halogens is 2. The normalized spacial score (nSPS) is 10.9. The van der Waals surface area contributed by atoms with E-state index in [4.69, 9.17) is 16.3 Å². The van der Waals surface area contributed by atoms with Crippen molar-refractivity contribution in [2.75, 3.05) is 19.5 Å². The van der Waals surface area contributed by atoms with Gasteiger partial charge in [-0.1, -0.05) is 17.7 Å². The van der Waals surface area contributed by atoms with E-state index < -0.39 is 5.82 Å². The van der Waals surface area contributed by atoms with Crippen LogP contribution in [0.2, 0.25) is 5.02 Å². The van der Waals surface area contributed by atoms with Crippen LogP contribution in [0.4, 0.5) is 15.8 Å². The summed E-state index contributed by atoms with van der Waals surface area (Å²) in [6, 6.07) is 9.87. The standard InChI is InChI=1S/C20H16ClFN4O2S/c1-23-20(27)18-7-12(10-29-18)26-16-8-17(28-2)15(6-11(16)9-24-26)25-19-13(21)4-3-5-14(19)22/h3-10,25H,1-2H3,(H,23,27). The van der Waals surface area contributed by atoms with Gasteiger partial charge >= 0.3 is 0 Å². The van der Waals surface area contributed by atoms with E-state index in [9.17, 15) is 9.18 Å². The van der Waals surface area contributed by atoms with Gasteiger partial charge in [-0.25, -0.2) is 9.07 Å². The molecule has 0 saturated heterocycles. The number of nitrogens with zero attached hydrogens (tertiary/aromatic N) is 2. The molecule has 2 N–H and O–H groups in total. The molecule has 0 radical (unpaired) electrons. The van der Waals surface area contributed by atoms with E-state index in [1.807, 2.05) is 11.4 Å². The quantitative estimate of drug-likeness (QED) is 0.468. The van der Waals surface area contributed by atoms with Gasteiger partial charge in [0.1, 0.15) is 11.6 Å². The number of hydrogen-bond donors (Lipinski definition) is 2. The number of ether oxygens (including phenoxy) is 1. The van der Waals surface area contributed by atoms with Gasteiger partial charge in [-0.3, -0.25) is 4.79 Å². The lowest BCUT2D eigenvalue weighted by Crippen LogP contribution is -2.16. The highest BCUT2D eigenvalue weighted by Crippen LogP contribution is 2.36. The minimum Gasteiger partial charge on any atom is -0.494 e. The molecule has 4 rings (SSSR count). The highest BCUT2D eigenvalue weighted by Gasteiger charge is 2.16. The highest BCUT2D eigenvalue weighted by atomic mass is 35.5. The van der Waals surface area contributed by atoms with E-state index in [2.05, 4.69) is 15.7 Å². The Morgan fingerprint density at radius 1 is 1.31 bits per heavy atom. The van der Waals surface area contributed by atoms with E-state index >= 15 is 0 Å². The number of fused-ring (bicyclic) bond motifs is 1. The number of rotatable bonds is 5. The van der Waals surface area contributed by atoms with Crippen LogP contribution in [0.1, 0.15) is 9.67 Å². The van der Waals surface area contributed by atoms with Gasteiger partial charge in [-0.05, 0) is 24.3 Å². The topological polar surface area (TPSA) is 68.2 Å². The first kappa shape index (κ1) is 19.2. The van der Waals surface area contributed by atoms with E-state index in [1.54, 1.807) is 42.2 Å². The minimum atomic E-state index is -0.463. The van der Waals surface area contributed by atoms with Crippen molar-refractivity contribution in [1.82, 2.24) is 15.1 Å². The van der Waals surface area contributed by atoms with Crippen LogP contribution in [0.25, 0.3) is 16.6 Å². The van der Waals surface area contributed by atoms with Gasteiger partial charge in [0.2, 0.25) is 0 Å². The van der Waals surface area contributed by atoms with Crippen LogP contribution in [-0.4, -0.2) is 29.8 Å². The van der Waals surface area contributed by atoms with Gasteiger partial charge in [-0.2, -0.15) is 5.10 Å². The summed E-state index contributed by atoms with van der Waals surface area (Å²) >= 11 is 7.46. The molecule has 6 nitrogen and oxygen atoms in total. The minimum absolute atomic E-state index is 0.149. The fourth-order valence-corrected chi connectivity index (χ4v) is 3.98. The molecular weight excluding hydrogens is 415 g/mol. The molecule has 148 valence electrons. The van der Waals surface area contributed by atoms with Crippen molar-refractivity contribution >= 4 is 51.1 Å². The summed E-state index contributed by atoms with van der Waals surface area (Å²) in [5.41, 5.74) is 2.28. The van der Waals surface area contributed by atoms with Crippen molar-refractivity contribution < 1.29 is 13.9 Å². The third-order valence-corrected chi connectivity index (χ3v) is 5.62. The fraction of sp³-hybridized carbons (Fsp3) is 0.100. The third-order valence-electron chi connectivity index (χ3n) is 4.39. The summed E-state index contributed by atoms with van der Waals surface area (Å²) in [4.78, 5) is 12.4. The summed E-state index contributed by atoms with van der Waals surface area (Å²) in [5.74, 6) is -0.112. The molecule has 29 heavy (non-hydrogen) atoms. The Morgan fingerprint density at radius 3 is 2.86 bits per heavy atom. The number of hydrogen-bond acceptors (Lipinski definition) is 5. The molecule has 0 fully saturated rings. The molecule has 0 aliphatic rings. The van der Waals surface area contributed by atoms with Crippen molar-refractivity contribution in [3.63, 3.8) is 0 Å². The Morgan fingerprint density at radius 2 is 2.14 bits per heavy atom. The molecule has 2 aromatic heterocycles.